The molecule has 0 fully saturated rings. The Balaban J connectivity index is 4.64. The molecule has 0 bridgehead atoms. The summed E-state index contributed by atoms with van der Waals surface area (Å²) in [6.45, 7) is 5.13. The van der Waals surface area contributed by atoms with Crippen molar-refractivity contribution in [3.63, 3.8) is 0 Å². The molecule has 13 heavy (non-hydrogen) atoms. The van der Waals surface area contributed by atoms with Crippen LogP contribution in [0.2, 0.25) is 0 Å². The Labute approximate surface area is 76.4 Å². The monoisotopic (exact) mass is 182 g/mol. The second-order valence-electron chi connectivity index (χ2n) is 2.18. The number of aliphatic carboxylic acids is 1. The number of hydrogen-bond donors (Lipinski definition) is 1. The first-order valence-electron chi connectivity index (χ1n) is 3.67. The van der Waals surface area contributed by atoms with Gasteiger partial charge in [0.1, 0.15) is 0 Å². The summed E-state index contributed by atoms with van der Waals surface area (Å²) in [5.41, 5.74) is 0.486. The molecule has 0 atom stereocenters. The fourth-order valence-electron chi connectivity index (χ4n) is 0.615. The van der Waals surface area contributed by atoms with Gasteiger partial charge >= 0.3 is 5.97 Å². The summed E-state index contributed by atoms with van der Waals surface area (Å²) >= 11 is 0. The molecule has 0 aliphatic carbocycles. The Morgan fingerprint density at radius 1 is 1.54 bits per heavy atom. The van der Waals surface area contributed by atoms with Crippen LogP contribution < -0.4 is 0 Å². The largest absolute Gasteiger partial charge is 0.476 e. The van der Waals surface area contributed by atoms with Crippen LogP contribution in [0, 0.1) is 0 Å². The van der Waals surface area contributed by atoms with Crippen molar-refractivity contribution < 1.29 is 14.3 Å². The quantitative estimate of drug-likeness (QED) is 0.536. The Morgan fingerprint density at radius 2 is 2.15 bits per heavy atom. The van der Waals surface area contributed by atoms with Crippen LogP contribution in [0.1, 0.15) is 6.92 Å². The molecule has 0 saturated carbocycles. The minimum atomic E-state index is -1.56. The molecule has 0 aromatic heterocycles. The maximum Gasteiger partial charge on any atom is 0.364 e. The van der Waals surface area contributed by atoms with Crippen molar-refractivity contribution in [1.82, 2.24) is 0 Å². The summed E-state index contributed by atoms with van der Waals surface area (Å²) in [4.78, 5) is 10.1. The minimum absolute atomic E-state index is 0.486. The maximum atomic E-state index is 12.6. The lowest BCUT2D eigenvalue weighted by atomic mass is 10.2. The highest BCUT2D eigenvalue weighted by molar-refractivity contribution is 5.84. The van der Waals surface area contributed by atoms with Gasteiger partial charge in [-0.25, -0.2) is 4.79 Å². The summed E-state index contributed by atoms with van der Waals surface area (Å²) in [5, 5.41) is 8.24. The van der Waals surface area contributed by atoms with Crippen molar-refractivity contribution in [3.8, 4) is 0 Å². The van der Waals surface area contributed by atoms with E-state index in [9.17, 15) is 9.18 Å². The molecule has 70 valence electrons. The number of carboxylic acid groups (broad SMARTS) is 1. The Hall–Kier alpha value is -1.64. The van der Waals surface area contributed by atoms with E-state index in [4.69, 9.17) is 5.11 Å². The molecule has 0 spiro atoms. The average molecular weight is 182 g/mol. The van der Waals surface area contributed by atoms with Gasteiger partial charge in [0.25, 0.3) is 0 Å². The predicted octanol–water partition coefficient (Wildman–Crippen LogP) is 2.61. The van der Waals surface area contributed by atoms with Gasteiger partial charge in [-0.15, -0.1) is 0 Å². The zero-order chi connectivity index (χ0) is 10.3. The van der Waals surface area contributed by atoms with E-state index in [2.05, 4.69) is 6.58 Å². The van der Waals surface area contributed by atoms with E-state index in [0.29, 0.717) is 5.57 Å². The number of allylic oxidation sites excluding steroid dienone is 6. The first-order valence-corrected chi connectivity index (χ1v) is 3.67. The number of hydrogen-bond acceptors (Lipinski definition) is 1. The van der Waals surface area contributed by atoms with E-state index < -0.39 is 11.8 Å². The fraction of sp³-hybridized carbons (Fsp3) is 0.100. The van der Waals surface area contributed by atoms with Gasteiger partial charge < -0.3 is 5.11 Å². The Morgan fingerprint density at radius 3 is 2.54 bits per heavy atom. The molecule has 0 radical (unpaired) electrons. The number of carboxylic acids is 1. The zero-order valence-electron chi connectivity index (χ0n) is 7.33. The van der Waals surface area contributed by atoms with Crippen LogP contribution in [0.3, 0.4) is 0 Å². The van der Waals surface area contributed by atoms with Crippen molar-refractivity contribution in [2.24, 2.45) is 0 Å². The van der Waals surface area contributed by atoms with Crippen molar-refractivity contribution >= 4 is 5.97 Å². The number of halogens is 1. The van der Waals surface area contributed by atoms with Crippen molar-refractivity contribution in [1.29, 1.82) is 0 Å². The number of rotatable bonds is 4. The third-order valence-electron chi connectivity index (χ3n) is 1.26. The van der Waals surface area contributed by atoms with E-state index in [1.54, 1.807) is 25.2 Å². The molecular formula is C10H11FO2. The van der Waals surface area contributed by atoms with Crippen molar-refractivity contribution in [3.05, 3.63) is 48.4 Å². The van der Waals surface area contributed by atoms with Crippen LogP contribution in [-0.4, -0.2) is 11.1 Å². The molecule has 0 aliphatic heterocycles. The lowest BCUT2D eigenvalue weighted by Gasteiger charge is -1.91. The van der Waals surface area contributed by atoms with Crippen LogP contribution in [0.4, 0.5) is 4.39 Å². The van der Waals surface area contributed by atoms with E-state index >= 15 is 0 Å². The second kappa shape index (κ2) is 5.94. The van der Waals surface area contributed by atoms with Crippen molar-refractivity contribution in [2.75, 3.05) is 0 Å². The first kappa shape index (κ1) is 11.4. The van der Waals surface area contributed by atoms with Gasteiger partial charge in [-0.2, -0.15) is 4.39 Å². The second-order valence-corrected chi connectivity index (χ2v) is 2.18. The highest BCUT2D eigenvalue weighted by atomic mass is 19.1. The normalized spacial score (nSPS) is 13.4. The highest BCUT2D eigenvalue weighted by Gasteiger charge is 2.03. The summed E-state index contributed by atoms with van der Waals surface area (Å²) in [5.74, 6) is -2.74. The van der Waals surface area contributed by atoms with Crippen LogP contribution in [0.25, 0.3) is 0 Å². The fourth-order valence-corrected chi connectivity index (χ4v) is 0.615. The van der Waals surface area contributed by atoms with Crippen molar-refractivity contribution in [2.45, 2.75) is 6.92 Å². The first-order chi connectivity index (χ1) is 6.11. The van der Waals surface area contributed by atoms with E-state index in [1.807, 2.05) is 0 Å². The van der Waals surface area contributed by atoms with Gasteiger partial charge in [0.05, 0.1) is 0 Å². The maximum absolute atomic E-state index is 12.6. The van der Waals surface area contributed by atoms with Gasteiger partial charge in [0, 0.05) is 0 Å². The molecule has 0 aromatic rings. The molecule has 0 heterocycles. The molecular weight excluding hydrogens is 171 g/mol. The van der Waals surface area contributed by atoms with Crippen LogP contribution in [-0.2, 0) is 4.79 Å². The molecule has 0 aliphatic rings. The average Bonchev–Trinajstić information content (AvgIpc) is 2.11. The summed E-state index contributed by atoms with van der Waals surface area (Å²) in [6.07, 6.45) is 7.23. The van der Waals surface area contributed by atoms with Crippen LogP contribution in [0.5, 0.6) is 0 Å². The molecule has 1 N–H and O–H groups in total. The lowest BCUT2D eigenvalue weighted by Crippen LogP contribution is -1.94. The molecule has 3 heteroatoms. The lowest BCUT2D eigenvalue weighted by molar-refractivity contribution is -0.134. The standard InChI is InChI=1S/C10H11FO2/c1-3-5-6-8(4-2)7-9(11)10(12)13/h3-7H,1H2,2H3,(H,12,13)/b6-5-,8-4+,9-7-. The van der Waals surface area contributed by atoms with E-state index in [0.717, 1.165) is 6.08 Å². The van der Waals surface area contributed by atoms with Gasteiger partial charge in [0.2, 0.25) is 5.83 Å². The van der Waals surface area contributed by atoms with Crippen LogP contribution >= 0.6 is 0 Å². The molecule has 0 unspecified atom stereocenters. The predicted molar refractivity (Wildman–Crippen MR) is 49.9 cm³/mol. The highest BCUT2D eigenvalue weighted by Crippen LogP contribution is 2.06. The topological polar surface area (TPSA) is 37.3 Å². The van der Waals surface area contributed by atoms with Crippen LogP contribution in [0.15, 0.2) is 48.4 Å². The van der Waals surface area contributed by atoms with Gasteiger partial charge in [-0.1, -0.05) is 30.9 Å². The minimum Gasteiger partial charge on any atom is -0.476 e. The molecule has 0 saturated heterocycles. The molecule has 0 amide bonds. The zero-order valence-corrected chi connectivity index (χ0v) is 7.33. The third-order valence-corrected chi connectivity index (χ3v) is 1.26. The molecule has 0 aromatic carbocycles. The third kappa shape index (κ3) is 4.74. The Bertz CT molecular complexity index is 285. The Kier molecular flexibility index (Phi) is 5.19. The van der Waals surface area contributed by atoms with E-state index in [-0.39, 0.29) is 0 Å². The van der Waals surface area contributed by atoms with Gasteiger partial charge in [0.15, 0.2) is 0 Å². The van der Waals surface area contributed by atoms with Gasteiger partial charge in [-0.3, -0.25) is 0 Å². The summed E-state index contributed by atoms with van der Waals surface area (Å²) < 4.78 is 12.6. The summed E-state index contributed by atoms with van der Waals surface area (Å²) in [6, 6.07) is 0. The summed E-state index contributed by atoms with van der Waals surface area (Å²) in [7, 11) is 0. The number of carbonyl (C=O) groups is 1. The van der Waals surface area contributed by atoms with E-state index in [1.165, 1.54) is 6.08 Å². The smallest absolute Gasteiger partial charge is 0.364 e. The SMILES string of the molecule is C=C\C=C/C(/C=C(\F)C(=O)O)=C\C. The molecule has 0 rings (SSSR count). The van der Waals surface area contributed by atoms with Gasteiger partial charge in [-0.05, 0) is 18.6 Å². The molecule has 2 nitrogen and oxygen atoms in total.